The molecule has 8 nitrogen and oxygen atoms in total. The van der Waals surface area contributed by atoms with Crippen molar-refractivity contribution in [3.05, 3.63) is 39.7 Å². The molecule has 1 aromatic carbocycles. The van der Waals surface area contributed by atoms with Gasteiger partial charge in [0.05, 0.1) is 15.8 Å². The highest BCUT2D eigenvalue weighted by atomic mass is 32.2. The van der Waals surface area contributed by atoms with Crippen LogP contribution >= 0.6 is 11.8 Å². The topological polar surface area (TPSA) is 135 Å². The van der Waals surface area contributed by atoms with Crippen LogP contribution in [0.1, 0.15) is 29.8 Å². The van der Waals surface area contributed by atoms with Crippen molar-refractivity contribution in [2.45, 2.75) is 36.1 Å². The number of hydrogen-bond donors (Lipinski definition) is 3. The first-order chi connectivity index (χ1) is 12.1. The number of H-pyrrole nitrogens is 1. The third-order valence-electron chi connectivity index (χ3n) is 3.65. The molecule has 10 heteroatoms. The summed E-state index contributed by atoms with van der Waals surface area (Å²) >= 11 is 1.17. The monoisotopic (exact) mass is 396 g/mol. The highest BCUT2D eigenvalue weighted by molar-refractivity contribution is 7.98. The first-order valence-electron chi connectivity index (χ1n) is 7.67. The van der Waals surface area contributed by atoms with Crippen LogP contribution in [-0.4, -0.2) is 35.8 Å². The number of primary amides is 1. The van der Waals surface area contributed by atoms with E-state index in [0.29, 0.717) is 0 Å². The Kier molecular flexibility index (Phi) is 5.77. The van der Waals surface area contributed by atoms with Crippen molar-refractivity contribution in [1.82, 2.24) is 9.97 Å². The van der Waals surface area contributed by atoms with E-state index in [-0.39, 0.29) is 27.1 Å². The van der Waals surface area contributed by atoms with Crippen LogP contribution in [-0.2, 0) is 9.84 Å². The summed E-state index contributed by atoms with van der Waals surface area (Å²) in [6, 6.07) is 4.77. The molecule has 2 rings (SSSR count). The number of carbonyl (C=O) groups excluding carboxylic acids is 1. The molecule has 0 spiro atoms. The number of nitrogens with one attached hydrogen (secondary N) is 2. The molecule has 0 radical (unpaired) electrons. The molecule has 0 atom stereocenters. The number of aromatic nitrogens is 2. The molecule has 1 heterocycles. The van der Waals surface area contributed by atoms with Crippen molar-refractivity contribution in [3.63, 3.8) is 0 Å². The Hall–Kier alpha value is -2.33. The zero-order valence-corrected chi connectivity index (χ0v) is 16.4. The van der Waals surface area contributed by atoms with Gasteiger partial charge in [0, 0.05) is 0 Å². The SMILES string of the molecule is CSc1nc(Nc2cc(C)ccc2S(=O)(=O)C(C)C)c(C(N)=O)c(=O)[nH]1. The summed E-state index contributed by atoms with van der Waals surface area (Å²) in [5.41, 5.74) is 5.27. The minimum atomic E-state index is -3.60. The Balaban J connectivity index is 2.70. The van der Waals surface area contributed by atoms with Gasteiger partial charge in [0.2, 0.25) is 0 Å². The summed E-state index contributed by atoms with van der Waals surface area (Å²) < 4.78 is 25.3. The highest BCUT2D eigenvalue weighted by Gasteiger charge is 2.24. The number of carbonyl (C=O) groups is 1. The largest absolute Gasteiger partial charge is 0.365 e. The standard InChI is InChI=1S/C16H20N4O4S2/c1-8(2)26(23,24)11-6-5-9(3)7-10(11)18-14-12(13(17)21)15(22)20-16(19-14)25-4/h5-8H,1-4H3,(H2,17,21)(H2,18,19,20,22). The average molecular weight is 396 g/mol. The Bertz CT molecular complexity index is 1010. The van der Waals surface area contributed by atoms with Gasteiger partial charge in [-0.3, -0.25) is 9.59 Å². The molecule has 1 amide bonds. The minimum Gasteiger partial charge on any atom is -0.365 e. The number of nitrogens with zero attached hydrogens (tertiary/aromatic N) is 1. The summed E-state index contributed by atoms with van der Waals surface area (Å²) in [6.45, 7) is 4.95. The second kappa shape index (κ2) is 7.50. The maximum atomic E-state index is 12.6. The summed E-state index contributed by atoms with van der Waals surface area (Å²) in [5, 5.41) is 2.44. The number of aromatic amines is 1. The lowest BCUT2D eigenvalue weighted by molar-refractivity contribution is 0.0999. The minimum absolute atomic E-state index is 0.0568. The summed E-state index contributed by atoms with van der Waals surface area (Å²) in [6.07, 6.45) is 1.70. The van der Waals surface area contributed by atoms with Gasteiger partial charge in [0.1, 0.15) is 5.56 Å². The Morgan fingerprint density at radius 3 is 2.54 bits per heavy atom. The van der Waals surface area contributed by atoms with Crippen molar-refractivity contribution >= 4 is 39.0 Å². The quantitative estimate of drug-likeness (QED) is 0.500. The third kappa shape index (κ3) is 3.91. The molecule has 0 bridgehead atoms. The van der Waals surface area contributed by atoms with Crippen molar-refractivity contribution in [2.24, 2.45) is 5.73 Å². The van der Waals surface area contributed by atoms with E-state index >= 15 is 0 Å². The number of sulfone groups is 1. The Morgan fingerprint density at radius 2 is 2.00 bits per heavy atom. The normalized spacial score (nSPS) is 11.6. The number of aryl methyl sites for hydroxylation is 1. The van der Waals surface area contributed by atoms with E-state index in [1.807, 2.05) is 0 Å². The van der Waals surface area contributed by atoms with E-state index in [1.165, 1.54) is 17.8 Å². The van der Waals surface area contributed by atoms with Crippen LogP contribution in [0.3, 0.4) is 0 Å². The first-order valence-corrected chi connectivity index (χ1v) is 10.4. The van der Waals surface area contributed by atoms with Gasteiger partial charge in [0.15, 0.2) is 20.8 Å². The van der Waals surface area contributed by atoms with Crippen LogP contribution in [0.5, 0.6) is 0 Å². The molecule has 4 N–H and O–H groups in total. The van der Waals surface area contributed by atoms with Gasteiger partial charge in [-0.25, -0.2) is 13.4 Å². The summed E-state index contributed by atoms with van der Waals surface area (Å²) in [4.78, 5) is 30.5. The molecule has 0 aliphatic carbocycles. The molecule has 140 valence electrons. The summed E-state index contributed by atoms with van der Waals surface area (Å²) in [5.74, 6) is -1.05. The van der Waals surface area contributed by atoms with Gasteiger partial charge in [-0.15, -0.1) is 0 Å². The molecular formula is C16H20N4O4S2. The Morgan fingerprint density at radius 1 is 1.35 bits per heavy atom. The van der Waals surface area contributed by atoms with Gasteiger partial charge in [0.25, 0.3) is 11.5 Å². The molecule has 26 heavy (non-hydrogen) atoms. The van der Waals surface area contributed by atoms with E-state index in [9.17, 15) is 18.0 Å². The molecule has 0 aliphatic rings. The lowest BCUT2D eigenvalue weighted by atomic mass is 10.2. The van der Waals surface area contributed by atoms with Gasteiger partial charge in [-0.2, -0.15) is 0 Å². The number of rotatable bonds is 6. The van der Waals surface area contributed by atoms with Crippen LogP contribution in [0, 0.1) is 6.92 Å². The molecule has 0 unspecified atom stereocenters. The summed E-state index contributed by atoms with van der Waals surface area (Å²) in [7, 11) is -3.60. The number of thioether (sulfide) groups is 1. The molecule has 1 aromatic heterocycles. The molecule has 0 saturated carbocycles. The average Bonchev–Trinajstić information content (AvgIpc) is 2.53. The first kappa shape index (κ1) is 20.0. The lowest BCUT2D eigenvalue weighted by Crippen LogP contribution is -2.27. The predicted octanol–water partition coefficient (Wildman–Crippen LogP) is 1.82. The zero-order chi connectivity index (χ0) is 19.6. The van der Waals surface area contributed by atoms with Gasteiger partial charge in [-0.1, -0.05) is 17.8 Å². The van der Waals surface area contributed by atoms with Crippen LogP contribution in [0.4, 0.5) is 11.5 Å². The van der Waals surface area contributed by atoms with Gasteiger partial charge < -0.3 is 16.0 Å². The van der Waals surface area contributed by atoms with Crippen molar-refractivity contribution in [3.8, 4) is 0 Å². The van der Waals surface area contributed by atoms with E-state index in [2.05, 4.69) is 15.3 Å². The maximum absolute atomic E-state index is 12.6. The Labute approximate surface area is 155 Å². The fraction of sp³-hybridized carbons (Fsp3) is 0.312. The van der Waals surface area contributed by atoms with Crippen LogP contribution in [0.25, 0.3) is 0 Å². The highest BCUT2D eigenvalue weighted by Crippen LogP contribution is 2.29. The molecule has 0 fully saturated rings. The van der Waals surface area contributed by atoms with E-state index in [4.69, 9.17) is 5.73 Å². The molecule has 0 saturated heterocycles. The van der Waals surface area contributed by atoms with Crippen molar-refractivity contribution in [1.29, 1.82) is 0 Å². The van der Waals surface area contributed by atoms with Gasteiger partial charge in [-0.05, 0) is 44.7 Å². The molecule has 0 aliphatic heterocycles. The van der Waals surface area contributed by atoms with Crippen molar-refractivity contribution < 1.29 is 13.2 Å². The second-order valence-corrected chi connectivity index (χ2v) is 9.15. The predicted molar refractivity (Wildman–Crippen MR) is 102 cm³/mol. The van der Waals surface area contributed by atoms with Crippen LogP contribution < -0.4 is 16.6 Å². The number of hydrogen-bond acceptors (Lipinski definition) is 7. The fourth-order valence-corrected chi connectivity index (χ4v) is 3.80. The van der Waals surface area contributed by atoms with E-state index in [0.717, 1.165) is 5.56 Å². The number of anilines is 2. The number of amides is 1. The van der Waals surface area contributed by atoms with Crippen LogP contribution in [0.2, 0.25) is 0 Å². The third-order valence-corrected chi connectivity index (χ3v) is 6.44. The zero-order valence-electron chi connectivity index (χ0n) is 14.8. The lowest BCUT2D eigenvalue weighted by Gasteiger charge is -2.16. The second-order valence-electron chi connectivity index (χ2n) is 5.88. The van der Waals surface area contributed by atoms with Gasteiger partial charge >= 0.3 is 0 Å². The van der Waals surface area contributed by atoms with Crippen molar-refractivity contribution in [2.75, 3.05) is 11.6 Å². The van der Waals surface area contributed by atoms with Crippen LogP contribution in [0.15, 0.2) is 33.0 Å². The maximum Gasteiger partial charge on any atom is 0.266 e. The smallest absolute Gasteiger partial charge is 0.266 e. The number of benzene rings is 1. The van der Waals surface area contributed by atoms with E-state index < -0.39 is 26.6 Å². The molecule has 2 aromatic rings. The fourth-order valence-electron chi connectivity index (χ4n) is 2.24. The number of nitrogens with two attached hydrogens (primary N) is 1. The molecular weight excluding hydrogens is 376 g/mol. The van der Waals surface area contributed by atoms with E-state index in [1.54, 1.807) is 39.2 Å².